The smallest absolute Gasteiger partial charge is 0.394 e. The van der Waals surface area contributed by atoms with Gasteiger partial charge in [0.05, 0.1) is 12.9 Å². The molecule has 0 amide bonds. The zero-order chi connectivity index (χ0) is 22.1. The standard InChI is InChI=1S/C10H12N5O7P.C6H15N/c11-10-13-7-4(8(17)14-10)12-2-15(7)9-6-5(3(1-16)20-9)21-23(18,19)22-6;1-4-7(5-2)6-3/h2-3,5-6,9,16H,1H2,(H,18,19)(H3,11,13,14,17);4-6H2,1-3H3/t3-,5-,6-,9-;/m1./s1/i1+1,3+1,5+1,6+1,9+1;. The molecular weight excluding hydrogens is 424 g/mol. The lowest BCUT2D eigenvalue weighted by atomic mass is 10.5. The predicted octanol–water partition coefficient (Wildman–Crippen LogP) is -0.176. The highest BCUT2D eigenvalue weighted by atomic mass is 31.2. The summed E-state index contributed by atoms with van der Waals surface area (Å²) in [5, 5.41) is 9.35. The highest BCUT2D eigenvalue weighted by molar-refractivity contribution is 7.47. The molecule has 5 N–H and O–H groups in total. The predicted molar refractivity (Wildman–Crippen MR) is 107 cm³/mol. The van der Waals surface area contributed by atoms with Crippen molar-refractivity contribution >= 4 is 24.9 Å². The molecule has 0 aromatic carbocycles. The van der Waals surface area contributed by atoms with Gasteiger partial charge in [0, 0.05) is 0 Å². The Balaban J connectivity index is 0.000000318. The monoisotopic (exact) mass is 451 g/mol. The molecule has 0 aliphatic carbocycles. The topological polar surface area (TPSA) is 178 Å². The van der Waals surface area contributed by atoms with Crippen molar-refractivity contribution in [2.45, 2.75) is 45.3 Å². The molecular formula is C16H27N6O7P. The average molecular weight is 451 g/mol. The van der Waals surface area contributed by atoms with E-state index in [9.17, 15) is 19.4 Å². The summed E-state index contributed by atoms with van der Waals surface area (Å²) in [7, 11) is -4.23. The number of nitrogens with zero attached hydrogens (tertiary/aromatic N) is 4. The van der Waals surface area contributed by atoms with E-state index < -0.39 is 44.5 Å². The molecule has 0 radical (unpaired) electrons. The Bertz CT molecular complexity index is 971. The third-order valence-corrected chi connectivity index (χ3v) is 6.06. The first-order valence-electron chi connectivity index (χ1n) is 9.65. The van der Waals surface area contributed by atoms with Crippen LogP contribution in [-0.2, 0) is 18.3 Å². The van der Waals surface area contributed by atoms with Crippen LogP contribution in [-0.4, -0.2) is 79.0 Å². The molecule has 2 aromatic rings. The molecule has 4 rings (SSSR count). The fourth-order valence-electron chi connectivity index (χ4n) is 3.45. The Morgan fingerprint density at radius 2 is 1.90 bits per heavy atom. The van der Waals surface area contributed by atoms with Crippen LogP contribution in [0.4, 0.5) is 5.95 Å². The summed E-state index contributed by atoms with van der Waals surface area (Å²) in [6.07, 6.45) is -2.46. The SMILES string of the molecule is CCN(CC)CC.Nc1nc2c(ncn2[13C@@H]2O[13C@H]([13CH2]O)[13C@H]3OP(=O)(O)O[13C@H]32)c(=O)[nH]1. The van der Waals surface area contributed by atoms with Crippen molar-refractivity contribution in [3.05, 3.63) is 16.7 Å². The van der Waals surface area contributed by atoms with Gasteiger partial charge < -0.3 is 25.4 Å². The second kappa shape index (κ2) is 9.10. The largest absolute Gasteiger partial charge is 0.473 e. The minimum absolute atomic E-state index is 0.0258. The van der Waals surface area contributed by atoms with E-state index in [-0.39, 0.29) is 17.1 Å². The summed E-state index contributed by atoms with van der Waals surface area (Å²) >= 11 is 0. The summed E-state index contributed by atoms with van der Waals surface area (Å²) < 4.78 is 28.5. The number of fused-ring (bicyclic) bond motifs is 2. The third kappa shape index (κ3) is 4.42. The van der Waals surface area contributed by atoms with Crippen LogP contribution in [0.3, 0.4) is 0 Å². The summed E-state index contributed by atoms with van der Waals surface area (Å²) in [6.45, 7) is 9.68. The normalized spacial score (nSPS) is 30.5. The highest BCUT2D eigenvalue weighted by Crippen LogP contribution is 2.58. The quantitative estimate of drug-likeness (QED) is 0.350. The van der Waals surface area contributed by atoms with Crippen LogP contribution in [0.15, 0.2) is 11.1 Å². The zero-order valence-electron chi connectivity index (χ0n) is 17.0. The number of rotatable bonds is 5. The Morgan fingerprint density at radius 3 is 2.47 bits per heavy atom. The lowest BCUT2D eigenvalue weighted by Gasteiger charge is -2.18. The van der Waals surface area contributed by atoms with E-state index in [1.807, 2.05) is 0 Å². The maximum Gasteiger partial charge on any atom is 0.473 e. The molecule has 2 aromatic heterocycles. The van der Waals surface area contributed by atoms with Crippen molar-refractivity contribution in [1.29, 1.82) is 0 Å². The number of nitrogens with one attached hydrogen (secondary N) is 1. The van der Waals surface area contributed by atoms with E-state index >= 15 is 0 Å². The van der Waals surface area contributed by atoms with Crippen molar-refractivity contribution < 1.29 is 28.3 Å². The van der Waals surface area contributed by atoms with Crippen LogP contribution < -0.4 is 11.3 Å². The van der Waals surface area contributed by atoms with Crippen molar-refractivity contribution in [2.24, 2.45) is 0 Å². The Kier molecular flexibility index (Phi) is 6.92. The molecule has 2 fully saturated rings. The number of anilines is 1. The van der Waals surface area contributed by atoms with Gasteiger partial charge in [0.1, 0.15) is 18.3 Å². The molecule has 168 valence electrons. The fourth-order valence-corrected chi connectivity index (χ4v) is 4.60. The second-order valence-electron chi connectivity index (χ2n) is 6.75. The number of aliphatic hydroxyl groups excluding tert-OH is 1. The molecule has 2 aliphatic rings. The van der Waals surface area contributed by atoms with Gasteiger partial charge in [-0.1, -0.05) is 20.8 Å². The van der Waals surface area contributed by atoms with Crippen molar-refractivity contribution in [2.75, 3.05) is 32.0 Å². The number of aromatic amines is 1. The summed E-state index contributed by atoms with van der Waals surface area (Å²) in [6, 6.07) is 0. The molecule has 4 heterocycles. The molecule has 0 saturated carbocycles. The van der Waals surface area contributed by atoms with Crippen molar-refractivity contribution in [3.8, 4) is 0 Å². The van der Waals surface area contributed by atoms with Gasteiger partial charge in [0.25, 0.3) is 5.56 Å². The molecule has 0 bridgehead atoms. The summed E-state index contributed by atoms with van der Waals surface area (Å²) in [4.78, 5) is 33.9. The summed E-state index contributed by atoms with van der Waals surface area (Å²) in [5.41, 5.74) is 5.14. The first-order valence-corrected chi connectivity index (χ1v) is 11.1. The van der Waals surface area contributed by atoms with Gasteiger partial charge in [-0.2, -0.15) is 4.98 Å². The molecule has 0 spiro atoms. The number of H-pyrrole nitrogens is 1. The van der Waals surface area contributed by atoms with Gasteiger partial charge in [-0.25, -0.2) is 9.55 Å². The van der Waals surface area contributed by atoms with Gasteiger partial charge in [0.2, 0.25) is 5.95 Å². The molecule has 2 aliphatic heterocycles. The van der Waals surface area contributed by atoms with E-state index in [0.717, 1.165) is 0 Å². The van der Waals surface area contributed by atoms with Crippen LogP contribution in [0.2, 0.25) is 0 Å². The number of phosphoric ester groups is 1. The molecule has 30 heavy (non-hydrogen) atoms. The van der Waals surface area contributed by atoms with Crippen LogP contribution in [0.25, 0.3) is 11.2 Å². The number of ether oxygens (including phenoxy) is 1. The number of aromatic nitrogens is 4. The minimum Gasteiger partial charge on any atom is -0.394 e. The van der Waals surface area contributed by atoms with E-state index in [1.165, 1.54) is 30.5 Å². The molecule has 1 unspecified atom stereocenters. The molecule has 14 heteroatoms. The fraction of sp³-hybridized carbons (Fsp3) is 0.688. The summed E-state index contributed by atoms with van der Waals surface area (Å²) in [5.74, 6) is -0.117. The lowest BCUT2D eigenvalue weighted by Crippen LogP contribution is -2.30. The number of imidazole rings is 1. The lowest BCUT2D eigenvalue weighted by molar-refractivity contribution is -0.0589. The molecule has 5 atom stereocenters. The first-order chi connectivity index (χ1) is 14.2. The number of nitrogens with two attached hydrogens (primary N) is 1. The number of nitrogen functional groups attached to an aromatic ring is 1. The molecule has 2 saturated heterocycles. The maximum atomic E-state index is 11.8. The van der Waals surface area contributed by atoms with E-state index in [4.69, 9.17) is 19.5 Å². The van der Waals surface area contributed by atoms with Crippen molar-refractivity contribution in [1.82, 2.24) is 24.4 Å². The van der Waals surface area contributed by atoms with Gasteiger partial charge in [-0.15, -0.1) is 0 Å². The zero-order valence-corrected chi connectivity index (χ0v) is 17.9. The Morgan fingerprint density at radius 1 is 1.27 bits per heavy atom. The van der Waals surface area contributed by atoms with E-state index in [2.05, 4.69) is 40.6 Å². The van der Waals surface area contributed by atoms with Crippen molar-refractivity contribution in [3.63, 3.8) is 0 Å². The number of aliphatic hydroxyl groups is 1. The minimum atomic E-state index is -4.23. The number of hydrogen-bond acceptors (Lipinski definition) is 10. The van der Waals surface area contributed by atoms with E-state index in [0.29, 0.717) is 0 Å². The molecule has 13 nitrogen and oxygen atoms in total. The van der Waals surface area contributed by atoms with Crippen LogP contribution in [0.5, 0.6) is 0 Å². The maximum absolute atomic E-state index is 11.8. The average Bonchev–Trinajstić information content (AvgIpc) is 3.34. The Hall–Kier alpha value is -1.86. The highest BCUT2D eigenvalue weighted by Gasteiger charge is 2.57. The van der Waals surface area contributed by atoms with Crippen LogP contribution in [0, 0.1) is 0 Å². The van der Waals surface area contributed by atoms with Gasteiger partial charge in [-0.05, 0) is 19.6 Å². The number of phosphoric acid groups is 1. The second-order valence-corrected chi connectivity index (χ2v) is 8.11. The van der Waals surface area contributed by atoms with Gasteiger partial charge >= 0.3 is 7.82 Å². The Labute approximate surface area is 172 Å². The first kappa shape index (κ1) is 22.8. The van der Waals surface area contributed by atoms with Gasteiger partial charge in [-0.3, -0.25) is 23.4 Å². The van der Waals surface area contributed by atoms with E-state index in [1.54, 1.807) is 0 Å². The van der Waals surface area contributed by atoms with Gasteiger partial charge in [0.15, 0.2) is 17.4 Å². The van der Waals surface area contributed by atoms with Crippen LogP contribution in [0.1, 0.15) is 27.0 Å². The van der Waals surface area contributed by atoms with Crippen LogP contribution >= 0.6 is 7.82 Å². The third-order valence-electron chi connectivity index (χ3n) is 5.04. The number of hydrogen-bond donors (Lipinski definition) is 4.